The Labute approximate surface area is 157 Å². The fourth-order valence-corrected chi connectivity index (χ4v) is 3.26. The largest absolute Gasteiger partial charge is 0.496 e. The predicted molar refractivity (Wildman–Crippen MR) is 98.1 cm³/mol. The first-order valence-corrected chi connectivity index (χ1v) is 8.73. The van der Waals surface area contributed by atoms with Gasteiger partial charge in [-0.2, -0.15) is 0 Å². The fourth-order valence-electron chi connectivity index (χ4n) is 3.26. The molecular formula is C18H23N5O4. The number of para-hydroxylation sites is 1. The summed E-state index contributed by atoms with van der Waals surface area (Å²) in [5.74, 6) is 0.270. The van der Waals surface area contributed by atoms with Gasteiger partial charge in [0.25, 0.3) is 5.91 Å². The van der Waals surface area contributed by atoms with E-state index in [2.05, 4.69) is 21.3 Å². The van der Waals surface area contributed by atoms with Crippen molar-refractivity contribution in [2.75, 3.05) is 33.3 Å². The van der Waals surface area contributed by atoms with Gasteiger partial charge in [0, 0.05) is 37.4 Å². The van der Waals surface area contributed by atoms with E-state index in [1.807, 2.05) is 18.2 Å². The number of nitrogens with zero attached hydrogens (tertiary/aromatic N) is 1. The molecule has 2 aliphatic heterocycles. The first kappa shape index (κ1) is 18.6. The highest BCUT2D eigenvalue weighted by atomic mass is 16.5. The van der Waals surface area contributed by atoms with Crippen LogP contribution in [0.4, 0.5) is 9.59 Å². The molecule has 5 amide bonds. The van der Waals surface area contributed by atoms with Crippen LogP contribution in [-0.2, 0) is 4.79 Å². The topological polar surface area (TPSA) is 112 Å². The first-order valence-electron chi connectivity index (χ1n) is 8.73. The van der Waals surface area contributed by atoms with E-state index < -0.39 is 6.04 Å². The highest BCUT2D eigenvalue weighted by molar-refractivity contribution is 5.98. The zero-order valence-electron chi connectivity index (χ0n) is 15.3. The monoisotopic (exact) mass is 373 g/mol. The first-order chi connectivity index (χ1) is 13.0. The summed E-state index contributed by atoms with van der Waals surface area (Å²) in [5.41, 5.74) is 1.58. The van der Waals surface area contributed by atoms with Crippen molar-refractivity contribution in [1.29, 1.82) is 0 Å². The molecule has 0 spiro atoms. The third-order valence-electron chi connectivity index (χ3n) is 4.58. The van der Waals surface area contributed by atoms with Gasteiger partial charge in [0.05, 0.1) is 18.7 Å². The highest BCUT2D eigenvalue weighted by Crippen LogP contribution is 2.32. The molecular weight excluding hydrogens is 350 g/mol. The summed E-state index contributed by atoms with van der Waals surface area (Å²) in [6.07, 6.45) is 0. The summed E-state index contributed by atoms with van der Waals surface area (Å²) in [6.45, 7) is 3.66. The van der Waals surface area contributed by atoms with Gasteiger partial charge in [-0.1, -0.05) is 18.2 Å². The van der Waals surface area contributed by atoms with Crippen molar-refractivity contribution in [2.45, 2.75) is 13.0 Å². The lowest BCUT2D eigenvalue weighted by molar-refractivity contribution is -0.118. The molecule has 1 unspecified atom stereocenters. The fraction of sp³-hybridized carbons (Fsp3) is 0.389. The number of methoxy groups -OCH3 is 1. The van der Waals surface area contributed by atoms with E-state index in [4.69, 9.17) is 4.74 Å². The van der Waals surface area contributed by atoms with Crippen molar-refractivity contribution >= 4 is 18.0 Å². The van der Waals surface area contributed by atoms with Crippen molar-refractivity contribution < 1.29 is 19.1 Å². The number of carbonyl (C=O) groups is 3. The van der Waals surface area contributed by atoms with Gasteiger partial charge in [-0.3, -0.25) is 4.79 Å². The number of amides is 5. The van der Waals surface area contributed by atoms with E-state index in [1.165, 1.54) is 0 Å². The number of benzene rings is 1. The Hall–Kier alpha value is -3.23. The van der Waals surface area contributed by atoms with Crippen LogP contribution in [0.2, 0.25) is 0 Å². The number of carbonyl (C=O) groups excluding carboxylic acids is 3. The van der Waals surface area contributed by atoms with Crippen molar-refractivity contribution in [2.24, 2.45) is 0 Å². The van der Waals surface area contributed by atoms with E-state index in [9.17, 15) is 14.4 Å². The maximum Gasteiger partial charge on any atom is 0.319 e. The van der Waals surface area contributed by atoms with Crippen molar-refractivity contribution in [3.63, 3.8) is 0 Å². The van der Waals surface area contributed by atoms with E-state index in [0.717, 1.165) is 0 Å². The Kier molecular flexibility index (Phi) is 5.49. The van der Waals surface area contributed by atoms with E-state index >= 15 is 0 Å². The number of hydrogen-bond acceptors (Lipinski definition) is 4. The normalized spacial score (nSPS) is 19.3. The molecule has 1 atom stereocenters. The van der Waals surface area contributed by atoms with Crippen LogP contribution >= 0.6 is 0 Å². The molecule has 9 nitrogen and oxygen atoms in total. The Morgan fingerprint density at radius 3 is 2.81 bits per heavy atom. The standard InChI is InChI=1S/C18H23N5O4/c1-11-14(16(24)19-7-9-23-10-8-20-18(23)26)15(22-17(25)21-11)12-5-3-4-6-13(12)27-2/h3-6,15H,7-10H2,1-2H3,(H,19,24)(H,20,26)(H2,21,22,25). The minimum atomic E-state index is -0.634. The molecule has 27 heavy (non-hydrogen) atoms. The minimum Gasteiger partial charge on any atom is -0.496 e. The molecule has 9 heteroatoms. The lowest BCUT2D eigenvalue weighted by Crippen LogP contribution is -2.47. The van der Waals surface area contributed by atoms with Gasteiger partial charge in [-0.25, -0.2) is 9.59 Å². The quantitative estimate of drug-likeness (QED) is 0.580. The summed E-state index contributed by atoms with van der Waals surface area (Å²) < 4.78 is 5.38. The Morgan fingerprint density at radius 1 is 1.33 bits per heavy atom. The summed E-state index contributed by atoms with van der Waals surface area (Å²) in [4.78, 5) is 38.0. The lowest BCUT2D eigenvalue weighted by Gasteiger charge is -2.29. The molecule has 4 N–H and O–H groups in total. The maximum atomic E-state index is 12.8. The molecule has 1 aromatic rings. The van der Waals surface area contributed by atoms with Crippen LogP contribution in [0, 0.1) is 0 Å². The number of rotatable bonds is 6. The number of nitrogens with one attached hydrogen (secondary N) is 4. The van der Waals surface area contributed by atoms with Gasteiger partial charge in [0.2, 0.25) is 0 Å². The molecule has 0 aromatic heterocycles. The van der Waals surface area contributed by atoms with Crippen LogP contribution in [0.5, 0.6) is 5.75 Å². The molecule has 0 bridgehead atoms. The molecule has 144 valence electrons. The third kappa shape index (κ3) is 3.97. The molecule has 1 saturated heterocycles. The molecule has 1 aromatic carbocycles. The maximum absolute atomic E-state index is 12.8. The average Bonchev–Trinajstić information content (AvgIpc) is 3.05. The minimum absolute atomic E-state index is 0.127. The Bertz CT molecular complexity index is 792. The summed E-state index contributed by atoms with van der Waals surface area (Å²) >= 11 is 0. The zero-order chi connectivity index (χ0) is 19.4. The van der Waals surface area contributed by atoms with Crippen LogP contribution in [0.15, 0.2) is 35.5 Å². The van der Waals surface area contributed by atoms with Gasteiger partial charge in [-0.05, 0) is 13.0 Å². The second-order valence-corrected chi connectivity index (χ2v) is 6.29. The SMILES string of the molecule is COc1ccccc1C1NC(=O)NC(C)=C1C(=O)NCCN1CCNC1=O. The smallest absolute Gasteiger partial charge is 0.319 e. The molecule has 0 radical (unpaired) electrons. The third-order valence-corrected chi connectivity index (χ3v) is 4.58. The van der Waals surface area contributed by atoms with Crippen LogP contribution in [-0.4, -0.2) is 56.2 Å². The van der Waals surface area contributed by atoms with E-state index in [0.29, 0.717) is 48.8 Å². The second-order valence-electron chi connectivity index (χ2n) is 6.29. The van der Waals surface area contributed by atoms with Crippen LogP contribution in [0.1, 0.15) is 18.5 Å². The predicted octanol–water partition coefficient (Wildman–Crippen LogP) is 0.465. The number of ether oxygens (including phenoxy) is 1. The van der Waals surface area contributed by atoms with Crippen LogP contribution in [0.3, 0.4) is 0 Å². The Morgan fingerprint density at radius 2 is 2.11 bits per heavy atom. The zero-order valence-corrected chi connectivity index (χ0v) is 15.3. The van der Waals surface area contributed by atoms with Crippen molar-refractivity contribution in [3.8, 4) is 5.75 Å². The van der Waals surface area contributed by atoms with E-state index in [-0.39, 0.29) is 18.0 Å². The highest BCUT2D eigenvalue weighted by Gasteiger charge is 2.32. The summed E-state index contributed by atoms with van der Waals surface area (Å²) in [6, 6.07) is 6.09. The summed E-state index contributed by atoms with van der Waals surface area (Å²) in [5, 5.41) is 11.0. The molecule has 0 saturated carbocycles. The average molecular weight is 373 g/mol. The van der Waals surface area contributed by atoms with Gasteiger partial charge in [-0.15, -0.1) is 0 Å². The number of allylic oxidation sites excluding steroid dienone is 1. The van der Waals surface area contributed by atoms with Gasteiger partial charge in [0.15, 0.2) is 0 Å². The van der Waals surface area contributed by atoms with Crippen LogP contribution in [0.25, 0.3) is 0 Å². The van der Waals surface area contributed by atoms with Gasteiger partial charge < -0.3 is 30.9 Å². The van der Waals surface area contributed by atoms with Crippen molar-refractivity contribution in [1.82, 2.24) is 26.2 Å². The Balaban J connectivity index is 1.77. The van der Waals surface area contributed by atoms with Gasteiger partial charge >= 0.3 is 12.1 Å². The molecule has 2 aliphatic rings. The lowest BCUT2D eigenvalue weighted by atomic mass is 9.94. The summed E-state index contributed by atoms with van der Waals surface area (Å²) in [7, 11) is 1.54. The number of urea groups is 2. The van der Waals surface area contributed by atoms with E-state index in [1.54, 1.807) is 25.0 Å². The number of hydrogen-bond donors (Lipinski definition) is 4. The van der Waals surface area contributed by atoms with Gasteiger partial charge in [0.1, 0.15) is 5.75 Å². The molecule has 3 rings (SSSR count). The van der Waals surface area contributed by atoms with Crippen LogP contribution < -0.4 is 26.0 Å². The molecule has 0 aliphatic carbocycles. The van der Waals surface area contributed by atoms with Crippen molar-refractivity contribution in [3.05, 3.63) is 41.1 Å². The second kappa shape index (κ2) is 7.98. The molecule has 2 heterocycles. The molecule has 1 fully saturated rings.